The van der Waals surface area contributed by atoms with E-state index in [9.17, 15) is 5.26 Å². The molecule has 0 radical (unpaired) electrons. The summed E-state index contributed by atoms with van der Waals surface area (Å²) in [5.41, 5.74) is -0.422. The van der Waals surface area contributed by atoms with Crippen LogP contribution in [0.3, 0.4) is 0 Å². The van der Waals surface area contributed by atoms with Gasteiger partial charge in [0, 0.05) is 38.3 Å². The Morgan fingerprint density at radius 1 is 1.39 bits per heavy atom. The van der Waals surface area contributed by atoms with Crippen LogP contribution in [0.2, 0.25) is 0 Å². The SMILES string of the molecule is CC(C)NC(C)(C#N)CN1CCN2CCCC2C1. The molecule has 1 N–H and O–H groups in total. The number of hydrogen-bond acceptors (Lipinski definition) is 4. The molecule has 0 bridgehead atoms. The first-order valence-electron chi connectivity index (χ1n) is 7.18. The predicted octanol–water partition coefficient (Wildman–Crippen LogP) is 1.05. The zero-order valence-corrected chi connectivity index (χ0v) is 11.9. The lowest BCUT2D eigenvalue weighted by Crippen LogP contribution is -2.58. The van der Waals surface area contributed by atoms with Crippen LogP contribution in [0, 0.1) is 11.3 Å². The molecular weight excluding hydrogens is 224 g/mol. The summed E-state index contributed by atoms with van der Waals surface area (Å²) in [5.74, 6) is 0. The van der Waals surface area contributed by atoms with Crippen LogP contribution in [0.5, 0.6) is 0 Å². The maximum absolute atomic E-state index is 9.40. The number of nitriles is 1. The molecule has 0 spiro atoms. The van der Waals surface area contributed by atoms with Gasteiger partial charge in [-0.05, 0) is 40.2 Å². The van der Waals surface area contributed by atoms with E-state index in [1.807, 2.05) is 6.92 Å². The molecule has 0 aromatic rings. The van der Waals surface area contributed by atoms with Gasteiger partial charge >= 0.3 is 0 Å². The average molecular weight is 250 g/mol. The lowest BCUT2D eigenvalue weighted by molar-refractivity contribution is 0.0887. The summed E-state index contributed by atoms with van der Waals surface area (Å²) in [4.78, 5) is 5.07. The molecular formula is C14H26N4. The van der Waals surface area contributed by atoms with E-state index >= 15 is 0 Å². The average Bonchev–Trinajstić information content (AvgIpc) is 2.75. The van der Waals surface area contributed by atoms with Crippen LogP contribution in [0.1, 0.15) is 33.6 Å². The van der Waals surface area contributed by atoms with E-state index in [0.717, 1.165) is 25.7 Å². The number of nitrogens with zero attached hydrogens (tertiary/aromatic N) is 3. The van der Waals surface area contributed by atoms with Gasteiger partial charge in [-0.15, -0.1) is 0 Å². The number of fused-ring (bicyclic) bond motifs is 1. The first kappa shape index (κ1) is 13.8. The monoisotopic (exact) mass is 250 g/mol. The molecule has 2 heterocycles. The number of piperazine rings is 1. The van der Waals surface area contributed by atoms with E-state index in [0.29, 0.717) is 6.04 Å². The summed E-state index contributed by atoms with van der Waals surface area (Å²) in [6.45, 7) is 11.8. The Morgan fingerprint density at radius 2 is 2.17 bits per heavy atom. The van der Waals surface area contributed by atoms with Gasteiger partial charge in [-0.3, -0.25) is 15.1 Å². The van der Waals surface area contributed by atoms with Crippen molar-refractivity contribution in [1.82, 2.24) is 15.1 Å². The Hall–Kier alpha value is -0.630. The normalized spacial score (nSPS) is 28.9. The van der Waals surface area contributed by atoms with Crippen molar-refractivity contribution in [3.63, 3.8) is 0 Å². The zero-order valence-electron chi connectivity index (χ0n) is 11.9. The first-order chi connectivity index (χ1) is 8.52. The summed E-state index contributed by atoms with van der Waals surface area (Å²) in [7, 11) is 0. The minimum Gasteiger partial charge on any atom is -0.298 e. The van der Waals surface area contributed by atoms with E-state index in [-0.39, 0.29) is 0 Å². The fourth-order valence-electron chi connectivity index (χ4n) is 3.40. The molecule has 0 aliphatic carbocycles. The van der Waals surface area contributed by atoms with Crippen LogP contribution in [0.15, 0.2) is 0 Å². The van der Waals surface area contributed by atoms with E-state index in [1.54, 1.807) is 0 Å². The highest BCUT2D eigenvalue weighted by Crippen LogP contribution is 2.22. The number of rotatable bonds is 4. The first-order valence-corrected chi connectivity index (χ1v) is 7.18. The minimum absolute atomic E-state index is 0.349. The molecule has 2 aliphatic rings. The lowest BCUT2D eigenvalue weighted by atomic mass is 10.0. The van der Waals surface area contributed by atoms with Crippen molar-refractivity contribution >= 4 is 0 Å². The van der Waals surface area contributed by atoms with Gasteiger partial charge in [-0.25, -0.2) is 0 Å². The smallest absolute Gasteiger partial charge is 0.116 e. The van der Waals surface area contributed by atoms with Crippen LogP contribution in [0.4, 0.5) is 0 Å². The molecule has 102 valence electrons. The van der Waals surface area contributed by atoms with Crippen molar-refractivity contribution in [2.45, 2.75) is 51.2 Å². The largest absolute Gasteiger partial charge is 0.298 e. The molecule has 0 aromatic carbocycles. The summed E-state index contributed by atoms with van der Waals surface area (Å²) < 4.78 is 0. The molecule has 0 aromatic heterocycles. The molecule has 0 amide bonds. The van der Waals surface area contributed by atoms with Gasteiger partial charge in [-0.2, -0.15) is 5.26 Å². The van der Waals surface area contributed by atoms with Crippen LogP contribution in [-0.4, -0.2) is 60.1 Å². The molecule has 2 aliphatic heterocycles. The van der Waals surface area contributed by atoms with Crippen molar-refractivity contribution < 1.29 is 0 Å². The Bertz CT molecular complexity index is 322. The van der Waals surface area contributed by atoms with E-state index in [2.05, 4.69) is 35.0 Å². The van der Waals surface area contributed by atoms with Gasteiger partial charge in [-0.1, -0.05) is 0 Å². The summed E-state index contributed by atoms with van der Waals surface area (Å²) in [6, 6.07) is 3.54. The maximum atomic E-state index is 9.40. The second-order valence-corrected chi connectivity index (χ2v) is 6.31. The number of hydrogen-bond donors (Lipinski definition) is 1. The molecule has 18 heavy (non-hydrogen) atoms. The summed E-state index contributed by atoms with van der Waals surface area (Å²) >= 11 is 0. The van der Waals surface area contributed by atoms with Crippen molar-refractivity contribution in [3.8, 4) is 6.07 Å². The molecule has 2 unspecified atom stereocenters. The van der Waals surface area contributed by atoms with Gasteiger partial charge < -0.3 is 0 Å². The van der Waals surface area contributed by atoms with Crippen LogP contribution in [0.25, 0.3) is 0 Å². The third-order valence-electron chi connectivity index (χ3n) is 4.07. The highest BCUT2D eigenvalue weighted by atomic mass is 15.3. The lowest BCUT2D eigenvalue weighted by Gasteiger charge is -2.40. The Balaban J connectivity index is 1.90. The molecule has 2 saturated heterocycles. The quantitative estimate of drug-likeness (QED) is 0.810. The van der Waals surface area contributed by atoms with Gasteiger partial charge in [0.05, 0.1) is 6.07 Å². The summed E-state index contributed by atoms with van der Waals surface area (Å²) in [6.07, 6.45) is 2.68. The maximum Gasteiger partial charge on any atom is 0.116 e. The topological polar surface area (TPSA) is 42.3 Å². The third-order valence-corrected chi connectivity index (χ3v) is 4.07. The minimum atomic E-state index is -0.422. The van der Waals surface area contributed by atoms with Crippen molar-refractivity contribution in [2.75, 3.05) is 32.7 Å². The van der Waals surface area contributed by atoms with Gasteiger partial charge in [0.1, 0.15) is 5.54 Å². The van der Waals surface area contributed by atoms with Gasteiger partial charge in [0.15, 0.2) is 0 Å². The standard InChI is InChI=1S/C14H26N4/c1-12(2)16-14(3,10-15)11-17-7-8-18-6-4-5-13(18)9-17/h12-13,16H,4-9,11H2,1-3H3. The van der Waals surface area contributed by atoms with Crippen LogP contribution in [-0.2, 0) is 0 Å². The Labute approximate surface area is 111 Å². The Kier molecular flexibility index (Phi) is 4.26. The van der Waals surface area contributed by atoms with Crippen molar-refractivity contribution in [1.29, 1.82) is 5.26 Å². The van der Waals surface area contributed by atoms with Crippen molar-refractivity contribution in [2.24, 2.45) is 0 Å². The van der Waals surface area contributed by atoms with E-state index < -0.39 is 5.54 Å². The second kappa shape index (κ2) is 5.56. The zero-order chi connectivity index (χ0) is 13.2. The highest BCUT2D eigenvalue weighted by Gasteiger charge is 2.34. The molecule has 4 heteroatoms. The Morgan fingerprint density at radius 3 is 2.83 bits per heavy atom. The van der Waals surface area contributed by atoms with E-state index in [1.165, 1.54) is 25.9 Å². The molecule has 2 fully saturated rings. The molecule has 2 rings (SSSR count). The van der Waals surface area contributed by atoms with Crippen LogP contribution < -0.4 is 5.32 Å². The second-order valence-electron chi connectivity index (χ2n) is 6.31. The summed E-state index contributed by atoms with van der Waals surface area (Å²) in [5, 5.41) is 12.8. The third kappa shape index (κ3) is 3.23. The van der Waals surface area contributed by atoms with E-state index in [4.69, 9.17) is 0 Å². The fraction of sp³-hybridized carbons (Fsp3) is 0.929. The molecule has 2 atom stereocenters. The van der Waals surface area contributed by atoms with Gasteiger partial charge in [0.2, 0.25) is 0 Å². The van der Waals surface area contributed by atoms with Crippen molar-refractivity contribution in [3.05, 3.63) is 0 Å². The molecule has 0 saturated carbocycles. The number of nitrogens with one attached hydrogen (secondary N) is 1. The predicted molar refractivity (Wildman–Crippen MR) is 73.3 cm³/mol. The van der Waals surface area contributed by atoms with Crippen LogP contribution >= 0.6 is 0 Å². The van der Waals surface area contributed by atoms with Gasteiger partial charge in [0.25, 0.3) is 0 Å². The fourth-order valence-corrected chi connectivity index (χ4v) is 3.40. The molecule has 4 nitrogen and oxygen atoms in total. The highest BCUT2D eigenvalue weighted by molar-refractivity contribution is 5.07.